The number of aliphatic hydroxyl groups is 1. The molecule has 4 aliphatic carbocycles. The molecule has 0 radical (unpaired) electrons. The zero-order valence-corrected chi connectivity index (χ0v) is 13.5. The Morgan fingerprint density at radius 3 is 2.32 bits per heavy atom. The lowest BCUT2D eigenvalue weighted by Crippen LogP contribution is -2.62. The van der Waals surface area contributed by atoms with Crippen LogP contribution in [0.1, 0.15) is 49.1 Å². The van der Waals surface area contributed by atoms with Gasteiger partial charge in [-0.05, 0) is 74.0 Å². The minimum atomic E-state index is -0.446. The van der Waals surface area contributed by atoms with Gasteiger partial charge in [0.2, 0.25) is 0 Å². The summed E-state index contributed by atoms with van der Waals surface area (Å²) >= 11 is 0. The molecule has 4 fully saturated rings. The minimum absolute atomic E-state index is 0.317. The van der Waals surface area contributed by atoms with E-state index in [4.69, 9.17) is 0 Å². The Morgan fingerprint density at radius 1 is 1.00 bits per heavy atom. The van der Waals surface area contributed by atoms with Crippen LogP contribution >= 0.6 is 0 Å². The Labute approximate surface area is 133 Å². The molecular formula is C20H27NO. The molecule has 4 bridgehead atoms. The quantitative estimate of drug-likeness (QED) is 0.859. The van der Waals surface area contributed by atoms with Crippen molar-refractivity contribution in [1.82, 2.24) is 4.90 Å². The molecular weight excluding hydrogens is 270 g/mol. The molecule has 4 saturated carbocycles. The molecule has 5 aliphatic rings. The maximum atomic E-state index is 12.0. The number of nitrogens with zero attached hydrogens (tertiary/aromatic N) is 1. The fourth-order valence-electron chi connectivity index (χ4n) is 6.69. The molecule has 1 unspecified atom stereocenters. The predicted molar refractivity (Wildman–Crippen MR) is 87.5 cm³/mol. The van der Waals surface area contributed by atoms with Crippen LogP contribution in [0, 0.1) is 23.7 Å². The first-order chi connectivity index (χ1) is 10.6. The van der Waals surface area contributed by atoms with Gasteiger partial charge in [-0.2, -0.15) is 0 Å². The number of likely N-dealkylation sites (N-methyl/N-ethyl adjacent to an activating group) is 1. The molecule has 22 heavy (non-hydrogen) atoms. The molecule has 1 aromatic carbocycles. The van der Waals surface area contributed by atoms with Crippen molar-refractivity contribution in [3.63, 3.8) is 0 Å². The molecule has 0 spiro atoms. The molecule has 0 saturated heterocycles. The molecule has 1 atom stereocenters. The van der Waals surface area contributed by atoms with Crippen LogP contribution in [0.2, 0.25) is 0 Å². The highest BCUT2D eigenvalue weighted by Crippen LogP contribution is 2.62. The summed E-state index contributed by atoms with van der Waals surface area (Å²) in [7, 11) is 2.21. The molecule has 1 aliphatic heterocycles. The van der Waals surface area contributed by atoms with E-state index in [0.29, 0.717) is 17.8 Å². The standard InChI is InChI=1S/C20H27NO/c1-21-11-15-4-2-3-5-18(15)19(12-21)20(22)16-7-13-6-14(9-16)10-17(20)8-13/h2-5,13-14,16-17,19,22H,6-12H2,1H3. The molecule has 118 valence electrons. The van der Waals surface area contributed by atoms with Gasteiger partial charge >= 0.3 is 0 Å². The van der Waals surface area contributed by atoms with E-state index in [-0.39, 0.29) is 0 Å². The fraction of sp³-hybridized carbons (Fsp3) is 0.700. The molecule has 1 heterocycles. The summed E-state index contributed by atoms with van der Waals surface area (Å²) in [4.78, 5) is 2.41. The van der Waals surface area contributed by atoms with Crippen molar-refractivity contribution in [2.75, 3.05) is 13.6 Å². The summed E-state index contributed by atoms with van der Waals surface area (Å²) < 4.78 is 0. The Morgan fingerprint density at radius 2 is 1.64 bits per heavy atom. The van der Waals surface area contributed by atoms with Crippen LogP contribution in [0.3, 0.4) is 0 Å². The van der Waals surface area contributed by atoms with Crippen LogP contribution in [0.4, 0.5) is 0 Å². The third kappa shape index (κ3) is 1.74. The van der Waals surface area contributed by atoms with Gasteiger partial charge in [0.25, 0.3) is 0 Å². The van der Waals surface area contributed by atoms with Gasteiger partial charge in [-0.25, -0.2) is 0 Å². The lowest BCUT2D eigenvalue weighted by molar-refractivity contribution is -0.189. The Bertz CT molecular complexity index is 567. The SMILES string of the molecule is CN1Cc2ccccc2C(C2(O)C3CC4CC(C3)CC2C4)C1. The summed E-state index contributed by atoms with van der Waals surface area (Å²) in [6.45, 7) is 2.05. The highest BCUT2D eigenvalue weighted by molar-refractivity contribution is 5.36. The van der Waals surface area contributed by atoms with Gasteiger partial charge in [-0.3, -0.25) is 0 Å². The second-order valence-electron chi connectivity index (χ2n) is 8.64. The second-order valence-corrected chi connectivity index (χ2v) is 8.64. The number of benzene rings is 1. The van der Waals surface area contributed by atoms with E-state index < -0.39 is 5.60 Å². The Hall–Kier alpha value is -0.860. The monoisotopic (exact) mass is 297 g/mol. The van der Waals surface area contributed by atoms with Crippen molar-refractivity contribution in [2.24, 2.45) is 23.7 Å². The van der Waals surface area contributed by atoms with E-state index in [1.54, 1.807) is 0 Å². The average molecular weight is 297 g/mol. The second kappa shape index (κ2) is 4.58. The molecule has 6 rings (SSSR count). The van der Waals surface area contributed by atoms with Crippen molar-refractivity contribution in [3.8, 4) is 0 Å². The Kier molecular flexibility index (Phi) is 2.82. The molecule has 1 aromatic rings. The zero-order valence-electron chi connectivity index (χ0n) is 13.5. The largest absolute Gasteiger partial charge is 0.389 e. The van der Waals surface area contributed by atoms with E-state index in [1.807, 2.05) is 0 Å². The molecule has 0 amide bonds. The number of rotatable bonds is 1. The van der Waals surface area contributed by atoms with Gasteiger partial charge in [-0.1, -0.05) is 24.3 Å². The van der Waals surface area contributed by atoms with E-state index in [1.165, 1.54) is 43.2 Å². The average Bonchev–Trinajstić information content (AvgIpc) is 2.51. The first-order valence-electron chi connectivity index (χ1n) is 9.13. The van der Waals surface area contributed by atoms with Crippen molar-refractivity contribution >= 4 is 0 Å². The van der Waals surface area contributed by atoms with Crippen LogP contribution in [-0.2, 0) is 6.54 Å². The third-order valence-electron chi connectivity index (χ3n) is 7.37. The van der Waals surface area contributed by atoms with Gasteiger partial charge in [0.1, 0.15) is 0 Å². The van der Waals surface area contributed by atoms with Gasteiger partial charge in [0, 0.05) is 19.0 Å². The molecule has 2 heteroatoms. The van der Waals surface area contributed by atoms with Crippen LogP contribution < -0.4 is 0 Å². The molecule has 1 N–H and O–H groups in total. The van der Waals surface area contributed by atoms with Gasteiger partial charge in [-0.15, -0.1) is 0 Å². The highest BCUT2D eigenvalue weighted by atomic mass is 16.3. The lowest BCUT2D eigenvalue weighted by Gasteiger charge is -2.62. The number of hydrogen-bond acceptors (Lipinski definition) is 2. The maximum absolute atomic E-state index is 12.0. The van der Waals surface area contributed by atoms with Gasteiger partial charge in [0.15, 0.2) is 0 Å². The van der Waals surface area contributed by atoms with Crippen LogP contribution in [0.25, 0.3) is 0 Å². The number of hydrogen-bond donors (Lipinski definition) is 1. The normalized spacial score (nSPS) is 46.7. The fourth-order valence-corrected chi connectivity index (χ4v) is 6.69. The molecule has 0 aromatic heterocycles. The summed E-state index contributed by atoms with van der Waals surface area (Å²) in [5, 5.41) is 12.0. The van der Waals surface area contributed by atoms with Crippen molar-refractivity contribution in [2.45, 2.75) is 50.2 Å². The first kappa shape index (κ1) is 13.6. The minimum Gasteiger partial charge on any atom is -0.389 e. The highest BCUT2D eigenvalue weighted by Gasteiger charge is 2.60. The van der Waals surface area contributed by atoms with Crippen molar-refractivity contribution in [1.29, 1.82) is 0 Å². The smallest absolute Gasteiger partial charge is 0.0784 e. The van der Waals surface area contributed by atoms with Gasteiger partial charge < -0.3 is 10.0 Å². The Balaban J connectivity index is 1.59. The van der Waals surface area contributed by atoms with E-state index in [2.05, 4.69) is 36.2 Å². The summed E-state index contributed by atoms with van der Waals surface area (Å²) in [5.74, 6) is 3.25. The van der Waals surface area contributed by atoms with Crippen molar-refractivity contribution < 1.29 is 5.11 Å². The van der Waals surface area contributed by atoms with E-state index in [9.17, 15) is 5.11 Å². The third-order valence-corrected chi connectivity index (χ3v) is 7.37. The number of fused-ring (bicyclic) bond motifs is 1. The lowest BCUT2D eigenvalue weighted by atomic mass is 9.46. The van der Waals surface area contributed by atoms with E-state index in [0.717, 1.165) is 24.9 Å². The predicted octanol–water partition coefficient (Wildman–Crippen LogP) is 3.40. The maximum Gasteiger partial charge on any atom is 0.0784 e. The first-order valence-corrected chi connectivity index (χ1v) is 9.13. The topological polar surface area (TPSA) is 23.5 Å². The van der Waals surface area contributed by atoms with E-state index >= 15 is 0 Å². The summed E-state index contributed by atoms with van der Waals surface area (Å²) in [6.07, 6.45) is 6.58. The summed E-state index contributed by atoms with van der Waals surface area (Å²) in [6, 6.07) is 8.86. The van der Waals surface area contributed by atoms with Crippen LogP contribution in [0.15, 0.2) is 24.3 Å². The summed E-state index contributed by atoms with van der Waals surface area (Å²) in [5.41, 5.74) is 2.43. The zero-order chi connectivity index (χ0) is 14.9. The van der Waals surface area contributed by atoms with Gasteiger partial charge in [0.05, 0.1) is 5.60 Å². The van der Waals surface area contributed by atoms with Crippen LogP contribution in [0.5, 0.6) is 0 Å². The molecule has 2 nitrogen and oxygen atoms in total. The van der Waals surface area contributed by atoms with Crippen LogP contribution in [-0.4, -0.2) is 29.2 Å². The van der Waals surface area contributed by atoms with Crippen molar-refractivity contribution in [3.05, 3.63) is 35.4 Å².